The Kier molecular flexibility index (Phi) is 6.05. The van der Waals surface area contributed by atoms with Gasteiger partial charge in [0, 0.05) is 6.04 Å². The Morgan fingerprint density at radius 3 is 2.56 bits per heavy atom. The van der Waals surface area contributed by atoms with Crippen LogP contribution in [0, 0.1) is 0 Å². The molecule has 1 fully saturated rings. The van der Waals surface area contributed by atoms with Gasteiger partial charge in [-0.1, -0.05) is 0 Å². The van der Waals surface area contributed by atoms with Crippen LogP contribution >= 0.6 is 0 Å². The van der Waals surface area contributed by atoms with Crippen LogP contribution in [-0.2, 0) is 19.0 Å². The molecule has 0 aromatic carbocycles. The highest BCUT2D eigenvalue weighted by molar-refractivity contribution is 5.80. The van der Waals surface area contributed by atoms with Crippen molar-refractivity contribution in [2.75, 3.05) is 26.9 Å². The van der Waals surface area contributed by atoms with Crippen molar-refractivity contribution in [3.63, 3.8) is 0 Å². The molecule has 1 aliphatic carbocycles. The quantitative estimate of drug-likeness (QED) is 0.496. The molecule has 0 bridgehead atoms. The molecule has 0 aliphatic heterocycles. The summed E-state index contributed by atoms with van der Waals surface area (Å²) in [4.78, 5) is 11.8. The summed E-state index contributed by atoms with van der Waals surface area (Å²) in [6.07, 6.45) is 2.43. The van der Waals surface area contributed by atoms with Crippen LogP contribution in [0.15, 0.2) is 0 Å². The van der Waals surface area contributed by atoms with E-state index in [1.165, 1.54) is 7.11 Å². The average Bonchev–Trinajstić information content (AvgIpc) is 3.10. The van der Waals surface area contributed by atoms with Crippen molar-refractivity contribution in [2.24, 2.45) is 0 Å². The van der Waals surface area contributed by atoms with Gasteiger partial charge in [-0.15, -0.1) is 0 Å². The lowest BCUT2D eigenvalue weighted by molar-refractivity contribution is -0.151. The lowest BCUT2D eigenvalue weighted by Crippen LogP contribution is -2.54. The molecular formula is C13H25NO4. The van der Waals surface area contributed by atoms with Gasteiger partial charge in [-0.3, -0.25) is 5.32 Å². The molecule has 5 heteroatoms. The molecule has 1 saturated carbocycles. The molecule has 0 spiro atoms. The first kappa shape index (κ1) is 15.4. The summed E-state index contributed by atoms with van der Waals surface area (Å²) in [7, 11) is 1.40. The molecule has 0 amide bonds. The summed E-state index contributed by atoms with van der Waals surface area (Å²) < 4.78 is 15.7. The van der Waals surface area contributed by atoms with E-state index < -0.39 is 5.54 Å². The summed E-state index contributed by atoms with van der Waals surface area (Å²) in [5, 5.41) is 3.28. The van der Waals surface area contributed by atoms with Crippen LogP contribution in [0.5, 0.6) is 0 Å². The van der Waals surface area contributed by atoms with Crippen LogP contribution in [0.25, 0.3) is 0 Å². The first-order chi connectivity index (χ1) is 8.48. The van der Waals surface area contributed by atoms with Gasteiger partial charge >= 0.3 is 5.97 Å². The van der Waals surface area contributed by atoms with Gasteiger partial charge in [0.15, 0.2) is 0 Å². The second kappa shape index (κ2) is 7.07. The summed E-state index contributed by atoms with van der Waals surface area (Å²) in [5.74, 6) is -0.279. The van der Waals surface area contributed by atoms with Crippen molar-refractivity contribution in [1.29, 1.82) is 0 Å². The molecule has 18 heavy (non-hydrogen) atoms. The smallest absolute Gasteiger partial charge is 0.328 e. The van der Waals surface area contributed by atoms with E-state index in [2.05, 4.69) is 5.32 Å². The van der Waals surface area contributed by atoms with E-state index in [4.69, 9.17) is 14.2 Å². The van der Waals surface area contributed by atoms with Crippen molar-refractivity contribution in [2.45, 2.75) is 51.3 Å². The monoisotopic (exact) mass is 259 g/mol. The number of carbonyl (C=O) groups excluding carboxylic acids is 1. The molecule has 1 atom stereocenters. The van der Waals surface area contributed by atoms with E-state index in [1.54, 1.807) is 0 Å². The van der Waals surface area contributed by atoms with E-state index in [0.717, 1.165) is 12.8 Å². The standard InChI is InChI=1S/C13H25NO4/c1-10(2)18-8-7-17-9-13(3,12(15)16-4)14-11-5-6-11/h10-11,14H,5-9H2,1-4H3. The minimum Gasteiger partial charge on any atom is -0.468 e. The molecule has 5 nitrogen and oxygen atoms in total. The van der Waals surface area contributed by atoms with Gasteiger partial charge in [-0.05, 0) is 33.6 Å². The normalized spacial score (nSPS) is 18.7. The SMILES string of the molecule is COC(=O)C(C)(COCCOC(C)C)NC1CC1. The lowest BCUT2D eigenvalue weighted by Gasteiger charge is -2.27. The fourth-order valence-electron chi connectivity index (χ4n) is 1.68. The van der Waals surface area contributed by atoms with E-state index >= 15 is 0 Å². The molecule has 1 N–H and O–H groups in total. The topological polar surface area (TPSA) is 56.8 Å². The fraction of sp³-hybridized carbons (Fsp3) is 0.923. The highest BCUT2D eigenvalue weighted by atomic mass is 16.5. The largest absolute Gasteiger partial charge is 0.468 e. The Bertz CT molecular complexity index is 266. The minimum atomic E-state index is -0.756. The second-order valence-corrected chi connectivity index (χ2v) is 5.21. The zero-order chi connectivity index (χ0) is 13.6. The molecule has 0 heterocycles. The van der Waals surface area contributed by atoms with Gasteiger partial charge in [0.25, 0.3) is 0 Å². The maximum absolute atomic E-state index is 11.8. The summed E-state index contributed by atoms with van der Waals surface area (Å²) in [6, 6.07) is 0.421. The predicted molar refractivity (Wildman–Crippen MR) is 68.5 cm³/mol. The maximum atomic E-state index is 11.8. The van der Waals surface area contributed by atoms with Crippen molar-refractivity contribution < 1.29 is 19.0 Å². The van der Waals surface area contributed by atoms with Crippen LogP contribution in [0.2, 0.25) is 0 Å². The molecule has 1 aliphatic rings. The van der Waals surface area contributed by atoms with Crippen LogP contribution < -0.4 is 5.32 Å². The van der Waals surface area contributed by atoms with Crippen molar-refractivity contribution in [1.82, 2.24) is 5.32 Å². The molecule has 1 rings (SSSR count). The molecule has 1 unspecified atom stereocenters. The van der Waals surface area contributed by atoms with Crippen molar-refractivity contribution in [3.8, 4) is 0 Å². The molecule has 0 radical (unpaired) electrons. The van der Waals surface area contributed by atoms with E-state index in [1.807, 2.05) is 20.8 Å². The van der Waals surface area contributed by atoms with E-state index in [0.29, 0.717) is 25.9 Å². The van der Waals surface area contributed by atoms with Crippen LogP contribution in [0.3, 0.4) is 0 Å². The number of esters is 1. The second-order valence-electron chi connectivity index (χ2n) is 5.21. The Morgan fingerprint density at radius 1 is 1.39 bits per heavy atom. The first-order valence-electron chi connectivity index (χ1n) is 6.53. The van der Waals surface area contributed by atoms with E-state index in [9.17, 15) is 4.79 Å². The highest BCUT2D eigenvalue weighted by Crippen LogP contribution is 2.23. The van der Waals surface area contributed by atoms with Gasteiger partial charge < -0.3 is 14.2 Å². The van der Waals surface area contributed by atoms with Gasteiger partial charge in [0.05, 0.1) is 33.0 Å². The summed E-state index contributed by atoms with van der Waals surface area (Å²) in [6.45, 7) is 7.11. The molecule has 0 saturated heterocycles. The third-order valence-electron chi connectivity index (χ3n) is 2.81. The third kappa shape index (κ3) is 5.33. The van der Waals surface area contributed by atoms with Crippen LogP contribution in [0.4, 0.5) is 0 Å². The van der Waals surface area contributed by atoms with Gasteiger partial charge in [-0.2, -0.15) is 0 Å². The lowest BCUT2D eigenvalue weighted by atomic mass is 10.0. The zero-order valence-electron chi connectivity index (χ0n) is 11.8. The van der Waals surface area contributed by atoms with Gasteiger partial charge in [0.2, 0.25) is 0 Å². The van der Waals surface area contributed by atoms with Gasteiger partial charge in [-0.25, -0.2) is 4.79 Å². The third-order valence-corrected chi connectivity index (χ3v) is 2.81. The zero-order valence-corrected chi connectivity index (χ0v) is 11.8. The fourth-order valence-corrected chi connectivity index (χ4v) is 1.68. The molecule has 106 valence electrons. The van der Waals surface area contributed by atoms with Crippen molar-refractivity contribution >= 4 is 5.97 Å². The van der Waals surface area contributed by atoms with E-state index in [-0.39, 0.29) is 12.1 Å². The molecule has 0 aromatic heterocycles. The molecular weight excluding hydrogens is 234 g/mol. The summed E-state index contributed by atoms with van der Waals surface area (Å²) >= 11 is 0. The number of hydrogen-bond donors (Lipinski definition) is 1. The highest BCUT2D eigenvalue weighted by Gasteiger charge is 2.39. The number of carbonyl (C=O) groups is 1. The average molecular weight is 259 g/mol. The van der Waals surface area contributed by atoms with Crippen LogP contribution in [0.1, 0.15) is 33.6 Å². The maximum Gasteiger partial charge on any atom is 0.328 e. The number of rotatable bonds is 9. The predicted octanol–water partition coefficient (Wildman–Crippen LogP) is 1.11. The number of methoxy groups -OCH3 is 1. The minimum absolute atomic E-state index is 0.199. The van der Waals surface area contributed by atoms with Crippen molar-refractivity contribution in [3.05, 3.63) is 0 Å². The number of ether oxygens (including phenoxy) is 3. The Morgan fingerprint density at radius 2 is 2.06 bits per heavy atom. The van der Waals surface area contributed by atoms with Crippen LogP contribution in [-0.4, -0.2) is 50.6 Å². The molecule has 0 aromatic rings. The Labute approximate surface area is 109 Å². The van der Waals surface area contributed by atoms with Gasteiger partial charge in [0.1, 0.15) is 5.54 Å². The number of nitrogens with one attached hydrogen (secondary N) is 1. The number of hydrogen-bond acceptors (Lipinski definition) is 5. The first-order valence-corrected chi connectivity index (χ1v) is 6.53. The Hall–Kier alpha value is -0.650. The Balaban J connectivity index is 2.29. The summed E-state index contributed by atoms with van der Waals surface area (Å²) in [5.41, 5.74) is -0.756.